The van der Waals surface area contributed by atoms with Gasteiger partial charge in [-0.3, -0.25) is 9.59 Å². The third kappa shape index (κ3) is 2.87. The molecule has 2 N–H and O–H groups in total. The monoisotopic (exact) mass is 339 g/mol. The second-order valence-corrected chi connectivity index (χ2v) is 5.47. The van der Waals surface area contributed by atoms with Crippen molar-refractivity contribution in [1.82, 2.24) is 0 Å². The van der Waals surface area contributed by atoms with Crippen molar-refractivity contribution in [2.24, 2.45) is 5.73 Å². The van der Waals surface area contributed by atoms with Crippen molar-refractivity contribution in [3.63, 3.8) is 0 Å². The predicted octanol–water partition coefficient (Wildman–Crippen LogP) is 1.90. The molecule has 0 atom stereocenters. The van der Waals surface area contributed by atoms with Gasteiger partial charge in [0, 0.05) is 6.07 Å². The van der Waals surface area contributed by atoms with Crippen molar-refractivity contribution < 1.29 is 28.5 Å². The van der Waals surface area contributed by atoms with E-state index < -0.39 is 5.91 Å². The molecule has 2 aromatic rings. The van der Waals surface area contributed by atoms with Crippen LogP contribution in [0, 0.1) is 0 Å². The molecule has 25 heavy (non-hydrogen) atoms. The molecule has 2 aromatic carbocycles. The summed E-state index contributed by atoms with van der Waals surface area (Å²) in [6.07, 6.45) is 1.63. The third-order valence-electron chi connectivity index (χ3n) is 3.72. The summed E-state index contributed by atoms with van der Waals surface area (Å²) in [7, 11) is 0. The molecular weight excluding hydrogens is 326 g/mol. The van der Waals surface area contributed by atoms with Crippen LogP contribution in [0.15, 0.2) is 42.2 Å². The highest BCUT2D eigenvalue weighted by Crippen LogP contribution is 2.36. The van der Waals surface area contributed by atoms with Gasteiger partial charge < -0.3 is 24.7 Å². The summed E-state index contributed by atoms with van der Waals surface area (Å²) in [5, 5.41) is 0. The summed E-state index contributed by atoms with van der Waals surface area (Å²) in [5.41, 5.74) is 6.23. The van der Waals surface area contributed by atoms with Crippen LogP contribution >= 0.6 is 0 Å². The first-order valence-corrected chi connectivity index (χ1v) is 7.49. The Morgan fingerprint density at radius 3 is 2.80 bits per heavy atom. The van der Waals surface area contributed by atoms with E-state index in [1.54, 1.807) is 36.4 Å². The molecule has 126 valence electrons. The number of rotatable bonds is 4. The van der Waals surface area contributed by atoms with Crippen molar-refractivity contribution >= 4 is 17.8 Å². The zero-order valence-corrected chi connectivity index (χ0v) is 13.0. The quantitative estimate of drug-likeness (QED) is 0.855. The van der Waals surface area contributed by atoms with Crippen LogP contribution in [-0.2, 0) is 4.79 Å². The molecule has 0 aromatic heterocycles. The predicted molar refractivity (Wildman–Crippen MR) is 86.6 cm³/mol. The minimum absolute atomic E-state index is 0.185. The molecule has 0 radical (unpaired) electrons. The Morgan fingerprint density at radius 1 is 1.12 bits per heavy atom. The van der Waals surface area contributed by atoms with Crippen molar-refractivity contribution in [2.45, 2.75) is 0 Å². The minimum Gasteiger partial charge on any atom is -0.484 e. The number of allylic oxidation sites excluding steroid dienone is 1. The first-order chi connectivity index (χ1) is 12.1. The second kappa shape index (κ2) is 5.86. The average molecular weight is 339 g/mol. The van der Waals surface area contributed by atoms with Crippen LogP contribution in [0.1, 0.15) is 15.9 Å². The van der Waals surface area contributed by atoms with Crippen LogP contribution in [0.25, 0.3) is 6.08 Å². The van der Waals surface area contributed by atoms with Crippen LogP contribution < -0.4 is 24.7 Å². The van der Waals surface area contributed by atoms with Gasteiger partial charge in [0.05, 0.1) is 5.56 Å². The summed E-state index contributed by atoms with van der Waals surface area (Å²) >= 11 is 0. The molecule has 7 heteroatoms. The number of ketones is 1. The number of carbonyl (C=O) groups excluding carboxylic acids is 2. The summed E-state index contributed by atoms with van der Waals surface area (Å²) < 4.78 is 21.4. The molecule has 2 heterocycles. The maximum Gasteiger partial charge on any atom is 0.255 e. The van der Waals surface area contributed by atoms with Gasteiger partial charge in [-0.1, -0.05) is 6.07 Å². The van der Waals surface area contributed by atoms with Gasteiger partial charge in [-0.15, -0.1) is 0 Å². The molecule has 4 rings (SSSR count). The van der Waals surface area contributed by atoms with Crippen LogP contribution in [0.4, 0.5) is 0 Å². The average Bonchev–Trinajstić information content (AvgIpc) is 3.17. The van der Waals surface area contributed by atoms with Crippen molar-refractivity contribution in [2.75, 3.05) is 13.4 Å². The van der Waals surface area contributed by atoms with Gasteiger partial charge >= 0.3 is 0 Å². The van der Waals surface area contributed by atoms with E-state index in [4.69, 9.17) is 24.7 Å². The van der Waals surface area contributed by atoms with Gasteiger partial charge in [-0.25, -0.2) is 0 Å². The Morgan fingerprint density at radius 2 is 1.96 bits per heavy atom. The SMILES string of the molecule is NC(=O)COc1ccc2c(c1)O/C(=C/c1ccc3c(c1)OCO3)C2=O. The third-order valence-corrected chi connectivity index (χ3v) is 3.72. The highest BCUT2D eigenvalue weighted by molar-refractivity contribution is 6.14. The zero-order chi connectivity index (χ0) is 17.4. The van der Waals surface area contributed by atoms with Crippen molar-refractivity contribution in [3.8, 4) is 23.0 Å². The van der Waals surface area contributed by atoms with E-state index in [0.717, 1.165) is 5.56 Å². The second-order valence-electron chi connectivity index (χ2n) is 5.47. The number of amides is 1. The van der Waals surface area contributed by atoms with E-state index in [2.05, 4.69) is 0 Å². The highest BCUT2D eigenvalue weighted by Gasteiger charge is 2.28. The molecule has 0 saturated heterocycles. The number of hydrogen-bond acceptors (Lipinski definition) is 6. The van der Waals surface area contributed by atoms with Crippen molar-refractivity contribution in [3.05, 3.63) is 53.3 Å². The number of nitrogens with two attached hydrogens (primary N) is 1. The van der Waals surface area contributed by atoms with Crippen LogP contribution in [0.2, 0.25) is 0 Å². The van der Waals surface area contributed by atoms with E-state index >= 15 is 0 Å². The first-order valence-electron chi connectivity index (χ1n) is 7.49. The fraction of sp³-hybridized carbons (Fsp3) is 0.111. The Kier molecular flexibility index (Phi) is 3.53. The lowest BCUT2D eigenvalue weighted by atomic mass is 10.1. The minimum atomic E-state index is -0.583. The standard InChI is InChI=1S/C18H13NO6/c19-17(20)8-22-11-2-3-12-14(7-11)25-16(18(12)21)6-10-1-4-13-15(5-10)24-9-23-13/h1-7H,8-9H2,(H2,19,20)/b16-6+. The Bertz CT molecular complexity index is 918. The molecule has 2 aliphatic heterocycles. The zero-order valence-electron chi connectivity index (χ0n) is 13.0. The lowest BCUT2D eigenvalue weighted by Crippen LogP contribution is -2.19. The van der Waals surface area contributed by atoms with E-state index in [1.165, 1.54) is 0 Å². The van der Waals surface area contributed by atoms with Gasteiger partial charge in [-0.2, -0.15) is 0 Å². The topological polar surface area (TPSA) is 97.1 Å². The molecule has 1 amide bonds. The number of ether oxygens (including phenoxy) is 4. The lowest BCUT2D eigenvalue weighted by Gasteiger charge is -2.04. The molecule has 0 bridgehead atoms. The van der Waals surface area contributed by atoms with Gasteiger partial charge in [-0.05, 0) is 35.9 Å². The number of carbonyl (C=O) groups is 2. The summed E-state index contributed by atoms with van der Waals surface area (Å²) in [4.78, 5) is 23.2. The van der Waals surface area contributed by atoms with E-state index in [-0.39, 0.29) is 24.9 Å². The van der Waals surface area contributed by atoms with Gasteiger partial charge in [0.25, 0.3) is 5.91 Å². The van der Waals surface area contributed by atoms with E-state index in [9.17, 15) is 9.59 Å². The maximum absolute atomic E-state index is 12.4. The van der Waals surface area contributed by atoms with Gasteiger partial charge in [0.1, 0.15) is 11.5 Å². The molecule has 0 saturated carbocycles. The Hall–Kier alpha value is -3.48. The van der Waals surface area contributed by atoms with E-state index in [0.29, 0.717) is 28.6 Å². The summed E-state index contributed by atoms with van der Waals surface area (Å²) in [6, 6.07) is 10.1. The number of benzene rings is 2. The molecule has 0 aliphatic carbocycles. The fourth-order valence-corrected chi connectivity index (χ4v) is 2.57. The number of primary amides is 1. The largest absolute Gasteiger partial charge is 0.484 e. The van der Waals surface area contributed by atoms with E-state index in [1.807, 2.05) is 6.07 Å². The molecular formula is C18H13NO6. The van der Waals surface area contributed by atoms with Crippen LogP contribution in [-0.4, -0.2) is 25.1 Å². The highest BCUT2D eigenvalue weighted by atomic mass is 16.7. The van der Waals surface area contributed by atoms with Gasteiger partial charge in [0.15, 0.2) is 23.9 Å². The summed E-state index contributed by atoms with van der Waals surface area (Å²) in [6.45, 7) is -0.0586. The normalized spacial score (nSPS) is 15.8. The lowest BCUT2D eigenvalue weighted by molar-refractivity contribution is -0.119. The number of hydrogen-bond donors (Lipinski definition) is 1. The Balaban J connectivity index is 1.58. The maximum atomic E-state index is 12.4. The molecule has 0 spiro atoms. The number of fused-ring (bicyclic) bond motifs is 2. The molecule has 7 nitrogen and oxygen atoms in total. The molecule has 2 aliphatic rings. The Labute approximate surface area is 142 Å². The van der Waals surface area contributed by atoms with Crippen LogP contribution in [0.3, 0.4) is 0 Å². The summed E-state index contributed by atoms with van der Waals surface area (Å²) in [5.74, 6) is 1.45. The van der Waals surface area contributed by atoms with Gasteiger partial charge in [0.2, 0.25) is 12.6 Å². The first kappa shape index (κ1) is 15.1. The molecule has 0 fully saturated rings. The van der Waals surface area contributed by atoms with Crippen LogP contribution in [0.5, 0.6) is 23.0 Å². The number of Topliss-reactive ketones (excluding diaryl/α,β-unsaturated/α-hetero) is 1. The van der Waals surface area contributed by atoms with Crippen molar-refractivity contribution in [1.29, 1.82) is 0 Å². The smallest absolute Gasteiger partial charge is 0.255 e. The molecule has 0 unspecified atom stereocenters. The fourth-order valence-electron chi connectivity index (χ4n) is 2.57.